The van der Waals surface area contributed by atoms with Crippen LogP contribution in [0.15, 0.2) is 48.5 Å². The molecular formula is C21H24N2O5. The molecule has 7 heteroatoms. The van der Waals surface area contributed by atoms with Crippen molar-refractivity contribution in [1.29, 1.82) is 0 Å². The average molecular weight is 384 g/mol. The number of anilines is 1. The van der Waals surface area contributed by atoms with Crippen LogP contribution in [0.3, 0.4) is 0 Å². The van der Waals surface area contributed by atoms with Gasteiger partial charge in [0.25, 0.3) is 5.91 Å². The third kappa shape index (κ3) is 4.73. The van der Waals surface area contributed by atoms with E-state index in [1.54, 1.807) is 30.2 Å². The molecule has 0 spiro atoms. The number of methoxy groups -OCH3 is 1. The molecule has 7 nitrogen and oxygen atoms in total. The lowest BCUT2D eigenvalue weighted by Gasteiger charge is -2.18. The molecule has 0 aliphatic carbocycles. The molecule has 148 valence electrons. The van der Waals surface area contributed by atoms with Crippen LogP contribution in [0.2, 0.25) is 0 Å². The van der Waals surface area contributed by atoms with E-state index in [0.29, 0.717) is 24.7 Å². The van der Waals surface area contributed by atoms with E-state index in [2.05, 4.69) is 5.32 Å². The molecule has 1 atom stereocenters. The van der Waals surface area contributed by atoms with Crippen molar-refractivity contribution in [3.8, 4) is 17.2 Å². The minimum Gasteiger partial charge on any atom is -0.494 e. The lowest BCUT2D eigenvalue weighted by Crippen LogP contribution is -2.39. The minimum atomic E-state index is -0.280. The van der Waals surface area contributed by atoms with Gasteiger partial charge in [-0.3, -0.25) is 9.59 Å². The Kier molecular flexibility index (Phi) is 6.37. The molecule has 3 rings (SSSR count). The summed E-state index contributed by atoms with van der Waals surface area (Å²) in [5.74, 6) is 1.51. The van der Waals surface area contributed by atoms with E-state index in [1.807, 2.05) is 37.3 Å². The molecule has 1 aliphatic heterocycles. The molecule has 2 aromatic carbocycles. The molecule has 28 heavy (non-hydrogen) atoms. The molecule has 0 bridgehead atoms. The van der Waals surface area contributed by atoms with Gasteiger partial charge in [-0.25, -0.2) is 0 Å². The quantitative estimate of drug-likeness (QED) is 0.756. The zero-order chi connectivity index (χ0) is 19.9. The van der Waals surface area contributed by atoms with Crippen molar-refractivity contribution in [2.24, 2.45) is 0 Å². The summed E-state index contributed by atoms with van der Waals surface area (Å²) in [5.41, 5.74) is 0.787. The Morgan fingerprint density at radius 3 is 2.50 bits per heavy atom. The summed E-state index contributed by atoms with van der Waals surface area (Å²) in [5, 5.41) is 2.86. The van der Waals surface area contributed by atoms with E-state index >= 15 is 0 Å². The van der Waals surface area contributed by atoms with E-state index < -0.39 is 0 Å². The van der Waals surface area contributed by atoms with Gasteiger partial charge in [0, 0.05) is 18.7 Å². The number of para-hydroxylation sites is 2. The number of benzene rings is 2. The number of rotatable bonds is 8. The summed E-state index contributed by atoms with van der Waals surface area (Å²) < 4.78 is 16.1. The molecule has 1 saturated heterocycles. The van der Waals surface area contributed by atoms with Crippen molar-refractivity contribution < 1.29 is 23.8 Å². The fourth-order valence-corrected chi connectivity index (χ4v) is 3.09. The fraction of sp³-hybridized carbons (Fsp3) is 0.333. The molecule has 2 amide bonds. The molecule has 0 radical (unpaired) electrons. The zero-order valence-electron chi connectivity index (χ0n) is 16.0. The van der Waals surface area contributed by atoms with Crippen LogP contribution in [0.4, 0.5) is 5.69 Å². The Hall–Kier alpha value is -3.22. The molecule has 2 aromatic rings. The van der Waals surface area contributed by atoms with Crippen molar-refractivity contribution >= 4 is 17.5 Å². The second kappa shape index (κ2) is 9.12. The predicted molar refractivity (Wildman–Crippen MR) is 105 cm³/mol. The summed E-state index contributed by atoms with van der Waals surface area (Å²) in [7, 11) is 1.54. The maximum absolute atomic E-state index is 12.3. The van der Waals surface area contributed by atoms with Crippen LogP contribution in [0.1, 0.15) is 13.3 Å². The van der Waals surface area contributed by atoms with E-state index in [4.69, 9.17) is 14.2 Å². The largest absolute Gasteiger partial charge is 0.494 e. The second-order valence-corrected chi connectivity index (χ2v) is 6.34. The van der Waals surface area contributed by atoms with Crippen LogP contribution in [0.25, 0.3) is 0 Å². The van der Waals surface area contributed by atoms with Gasteiger partial charge in [0.1, 0.15) is 5.75 Å². The third-order valence-electron chi connectivity index (χ3n) is 4.38. The molecule has 0 saturated carbocycles. The monoisotopic (exact) mass is 384 g/mol. The standard InChI is InChI=1S/C21H24N2O5/c1-3-27-17-10-8-16(9-11-17)23-13-15(12-21(23)25)22-20(24)14-28-19-7-5-4-6-18(19)26-2/h4-11,15H,3,12-14H2,1-2H3,(H,22,24). The van der Waals surface area contributed by atoms with Gasteiger partial charge in [-0.05, 0) is 43.3 Å². The Bertz CT molecular complexity index is 822. The Morgan fingerprint density at radius 1 is 1.11 bits per heavy atom. The number of nitrogens with zero attached hydrogens (tertiary/aromatic N) is 1. The highest BCUT2D eigenvalue weighted by atomic mass is 16.5. The SMILES string of the molecule is CCOc1ccc(N2CC(NC(=O)COc3ccccc3OC)CC2=O)cc1. The van der Waals surface area contributed by atoms with Crippen molar-refractivity contribution in [1.82, 2.24) is 5.32 Å². The number of hydrogen-bond donors (Lipinski definition) is 1. The molecule has 0 aromatic heterocycles. The molecule has 1 heterocycles. The van der Waals surface area contributed by atoms with E-state index in [0.717, 1.165) is 11.4 Å². The van der Waals surface area contributed by atoms with Gasteiger partial charge in [-0.2, -0.15) is 0 Å². The van der Waals surface area contributed by atoms with Crippen LogP contribution < -0.4 is 24.4 Å². The van der Waals surface area contributed by atoms with Crippen molar-refractivity contribution in [2.45, 2.75) is 19.4 Å². The maximum atomic E-state index is 12.3. The Morgan fingerprint density at radius 2 is 1.82 bits per heavy atom. The van der Waals surface area contributed by atoms with Crippen molar-refractivity contribution in [3.05, 3.63) is 48.5 Å². The van der Waals surface area contributed by atoms with E-state index in [9.17, 15) is 9.59 Å². The van der Waals surface area contributed by atoms with Gasteiger partial charge in [-0.15, -0.1) is 0 Å². The van der Waals surface area contributed by atoms with Crippen LogP contribution >= 0.6 is 0 Å². The van der Waals surface area contributed by atoms with E-state index in [1.165, 1.54) is 0 Å². The van der Waals surface area contributed by atoms with Gasteiger partial charge < -0.3 is 24.4 Å². The summed E-state index contributed by atoms with van der Waals surface area (Å²) >= 11 is 0. The maximum Gasteiger partial charge on any atom is 0.258 e. The van der Waals surface area contributed by atoms with Gasteiger partial charge in [0.15, 0.2) is 18.1 Å². The van der Waals surface area contributed by atoms with Gasteiger partial charge >= 0.3 is 0 Å². The summed E-state index contributed by atoms with van der Waals surface area (Å²) in [6.45, 7) is 2.79. The van der Waals surface area contributed by atoms with Crippen LogP contribution in [-0.4, -0.2) is 44.7 Å². The number of nitrogens with one attached hydrogen (secondary N) is 1. The Balaban J connectivity index is 1.52. The van der Waals surface area contributed by atoms with Crippen LogP contribution in [-0.2, 0) is 9.59 Å². The van der Waals surface area contributed by atoms with Gasteiger partial charge in [0.05, 0.1) is 19.8 Å². The fourth-order valence-electron chi connectivity index (χ4n) is 3.09. The second-order valence-electron chi connectivity index (χ2n) is 6.34. The Labute approximate surface area is 164 Å². The lowest BCUT2D eigenvalue weighted by atomic mass is 10.2. The molecule has 1 N–H and O–H groups in total. The number of ether oxygens (including phenoxy) is 3. The van der Waals surface area contributed by atoms with Crippen molar-refractivity contribution in [3.63, 3.8) is 0 Å². The first-order valence-electron chi connectivity index (χ1n) is 9.19. The molecule has 1 fully saturated rings. The lowest BCUT2D eigenvalue weighted by molar-refractivity contribution is -0.123. The highest BCUT2D eigenvalue weighted by molar-refractivity contribution is 5.97. The number of carbonyl (C=O) groups excluding carboxylic acids is 2. The summed E-state index contributed by atoms with van der Waals surface area (Å²) in [4.78, 5) is 26.2. The normalized spacial score (nSPS) is 16.0. The summed E-state index contributed by atoms with van der Waals surface area (Å²) in [6, 6.07) is 14.2. The average Bonchev–Trinajstić information content (AvgIpc) is 3.07. The van der Waals surface area contributed by atoms with Gasteiger partial charge in [0.2, 0.25) is 5.91 Å². The first kappa shape index (κ1) is 19.5. The number of amides is 2. The molecule has 1 unspecified atom stereocenters. The highest BCUT2D eigenvalue weighted by Gasteiger charge is 2.31. The third-order valence-corrected chi connectivity index (χ3v) is 4.38. The first-order valence-corrected chi connectivity index (χ1v) is 9.19. The smallest absolute Gasteiger partial charge is 0.258 e. The van der Waals surface area contributed by atoms with Gasteiger partial charge in [-0.1, -0.05) is 12.1 Å². The highest BCUT2D eigenvalue weighted by Crippen LogP contribution is 2.26. The topological polar surface area (TPSA) is 77.1 Å². The molecular weight excluding hydrogens is 360 g/mol. The minimum absolute atomic E-state index is 0.0277. The van der Waals surface area contributed by atoms with Crippen LogP contribution in [0.5, 0.6) is 17.2 Å². The molecule has 1 aliphatic rings. The predicted octanol–water partition coefficient (Wildman–Crippen LogP) is 2.39. The number of carbonyl (C=O) groups is 2. The van der Waals surface area contributed by atoms with Crippen LogP contribution in [0, 0.1) is 0 Å². The van der Waals surface area contributed by atoms with E-state index in [-0.39, 0.29) is 30.9 Å². The summed E-state index contributed by atoms with van der Waals surface area (Å²) in [6.07, 6.45) is 0.258. The van der Waals surface area contributed by atoms with Crippen molar-refractivity contribution in [2.75, 3.05) is 31.8 Å². The zero-order valence-corrected chi connectivity index (χ0v) is 16.0. The number of hydrogen-bond acceptors (Lipinski definition) is 5. The first-order chi connectivity index (χ1) is 13.6.